The third-order valence-electron chi connectivity index (χ3n) is 7.90. The first-order valence-corrected chi connectivity index (χ1v) is 21.5. The molecule has 6 rings (SSSR count). The number of methoxy groups -OCH3 is 6. The SMILES string of the molecule is COc1cc(Cc2sc3ccccc3c2S(=O)(=O)Cl)cc(OC)c1OC.COc1cc(Cc2sc3ccccc3c2S(=O)(=O)Cl)cc(OC)c1OC. The van der Waals surface area contributed by atoms with Crippen molar-refractivity contribution in [1.82, 2.24) is 0 Å². The highest BCUT2D eigenvalue weighted by molar-refractivity contribution is 8.14. The van der Waals surface area contributed by atoms with Crippen molar-refractivity contribution < 1.29 is 45.3 Å². The second-order valence-electron chi connectivity index (χ2n) is 11.0. The average molecular weight is 826 g/mol. The molecule has 0 aliphatic carbocycles. The van der Waals surface area contributed by atoms with E-state index >= 15 is 0 Å². The maximum atomic E-state index is 12.2. The molecule has 0 N–H and O–H groups in total. The van der Waals surface area contributed by atoms with Gasteiger partial charge in [0.15, 0.2) is 23.0 Å². The summed E-state index contributed by atoms with van der Waals surface area (Å²) in [6, 6.07) is 21.8. The lowest BCUT2D eigenvalue weighted by atomic mass is 10.1. The number of hydrogen-bond acceptors (Lipinski definition) is 12. The zero-order valence-corrected chi connectivity index (χ0v) is 33.6. The highest BCUT2D eigenvalue weighted by atomic mass is 35.7. The summed E-state index contributed by atoms with van der Waals surface area (Å²) in [5.74, 6) is 3.02. The van der Waals surface area contributed by atoms with Crippen LogP contribution in [0.25, 0.3) is 20.2 Å². The summed E-state index contributed by atoms with van der Waals surface area (Å²) in [4.78, 5) is 1.65. The van der Waals surface area contributed by atoms with E-state index in [0.717, 1.165) is 20.5 Å². The second kappa shape index (κ2) is 16.4. The molecule has 0 spiro atoms. The van der Waals surface area contributed by atoms with Crippen LogP contribution < -0.4 is 28.4 Å². The topological polar surface area (TPSA) is 124 Å². The van der Waals surface area contributed by atoms with Crippen molar-refractivity contribution in [2.24, 2.45) is 0 Å². The van der Waals surface area contributed by atoms with Gasteiger partial charge in [0.25, 0.3) is 18.1 Å². The average Bonchev–Trinajstić information content (AvgIpc) is 3.68. The zero-order valence-electron chi connectivity index (χ0n) is 28.8. The van der Waals surface area contributed by atoms with E-state index in [1.54, 1.807) is 48.5 Å². The van der Waals surface area contributed by atoms with E-state index in [1.165, 1.54) is 65.3 Å². The molecule has 0 unspecified atom stereocenters. The van der Waals surface area contributed by atoms with Crippen molar-refractivity contribution in [2.75, 3.05) is 42.7 Å². The van der Waals surface area contributed by atoms with Crippen LogP contribution in [0, 0.1) is 0 Å². The largest absolute Gasteiger partial charge is 0.493 e. The summed E-state index contributed by atoms with van der Waals surface area (Å²) in [7, 11) is 12.9. The normalized spacial score (nSPS) is 11.5. The summed E-state index contributed by atoms with van der Waals surface area (Å²) in [6.45, 7) is 0. The van der Waals surface area contributed by atoms with Crippen molar-refractivity contribution in [3.05, 3.63) is 93.7 Å². The Labute approximate surface area is 319 Å². The van der Waals surface area contributed by atoms with E-state index in [1.807, 2.05) is 24.3 Å². The predicted molar refractivity (Wildman–Crippen MR) is 208 cm³/mol. The molecule has 16 heteroatoms. The van der Waals surface area contributed by atoms with Crippen molar-refractivity contribution in [1.29, 1.82) is 0 Å². The number of fused-ring (bicyclic) bond motifs is 2. The highest BCUT2D eigenvalue weighted by Crippen LogP contribution is 2.43. The molecule has 2 aromatic heterocycles. The lowest BCUT2D eigenvalue weighted by Gasteiger charge is -2.14. The van der Waals surface area contributed by atoms with Gasteiger partial charge in [-0.2, -0.15) is 0 Å². The van der Waals surface area contributed by atoms with E-state index in [-0.39, 0.29) is 9.79 Å². The Morgan fingerprint density at radius 1 is 0.500 bits per heavy atom. The molecule has 10 nitrogen and oxygen atoms in total. The van der Waals surface area contributed by atoms with Gasteiger partial charge in [-0.05, 0) is 47.5 Å². The molecule has 0 aliphatic rings. The number of thiophene rings is 2. The van der Waals surface area contributed by atoms with Gasteiger partial charge in [0.05, 0.1) is 42.7 Å². The molecular weight excluding hydrogens is 792 g/mol. The first-order valence-electron chi connectivity index (χ1n) is 15.3. The van der Waals surface area contributed by atoms with Crippen molar-refractivity contribution in [3.63, 3.8) is 0 Å². The van der Waals surface area contributed by atoms with Crippen LogP contribution >= 0.6 is 44.0 Å². The number of ether oxygens (including phenoxy) is 6. The van der Waals surface area contributed by atoms with Crippen LogP contribution in [-0.4, -0.2) is 59.5 Å². The predicted octanol–water partition coefficient (Wildman–Crippen LogP) is 8.89. The standard InChI is InChI=1S/2C18H17ClO5S2/c2*1-22-13-8-11(9-14(23-2)17(13)24-3)10-16-18(26(19,20)21)12-6-4-5-7-15(12)25-16/h2*4-9H,10H2,1-3H3. The van der Waals surface area contributed by atoms with Crippen LogP contribution in [0.3, 0.4) is 0 Å². The Kier molecular flexibility index (Phi) is 12.4. The monoisotopic (exact) mass is 824 g/mol. The van der Waals surface area contributed by atoms with Crippen LogP contribution in [0.2, 0.25) is 0 Å². The Bertz CT molecular complexity index is 2230. The van der Waals surface area contributed by atoms with E-state index < -0.39 is 18.1 Å². The highest BCUT2D eigenvalue weighted by Gasteiger charge is 2.25. The zero-order chi connectivity index (χ0) is 37.8. The minimum absolute atomic E-state index is 0.161. The van der Waals surface area contributed by atoms with Gasteiger partial charge in [-0.3, -0.25) is 0 Å². The van der Waals surface area contributed by atoms with E-state index in [2.05, 4.69) is 0 Å². The first-order chi connectivity index (χ1) is 24.8. The summed E-state index contributed by atoms with van der Waals surface area (Å²) >= 11 is 2.81. The van der Waals surface area contributed by atoms with Crippen LogP contribution in [0.1, 0.15) is 20.9 Å². The Balaban J connectivity index is 0.000000201. The van der Waals surface area contributed by atoms with Gasteiger partial charge in [-0.25, -0.2) is 16.8 Å². The maximum absolute atomic E-state index is 12.2. The minimum atomic E-state index is -3.89. The number of hydrogen-bond donors (Lipinski definition) is 0. The van der Waals surface area contributed by atoms with Gasteiger partial charge in [0.2, 0.25) is 11.5 Å². The van der Waals surface area contributed by atoms with Gasteiger partial charge < -0.3 is 28.4 Å². The summed E-state index contributed by atoms with van der Waals surface area (Å²) in [5, 5.41) is 1.27. The molecule has 0 bridgehead atoms. The molecule has 52 heavy (non-hydrogen) atoms. The first kappa shape index (κ1) is 39.3. The Morgan fingerprint density at radius 3 is 1.08 bits per heavy atom. The Hall–Kier alpha value is -3.92. The van der Waals surface area contributed by atoms with Gasteiger partial charge in [0, 0.05) is 64.1 Å². The molecule has 0 amide bonds. The quantitative estimate of drug-likeness (QED) is 0.111. The fraction of sp³-hybridized carbons (Fsp3) is 0.222. The molecule has 0 aliphatic heterocycles. The van der Waals surface area contributed by atoms with E-state index in [0.29, 0.717) is 67.9 Å². The number of rotatable bonds is 12. The molecule has 4 aromatic carbocycles. The van der Waals surface area contributed by atoms with Gasteiger partial charge in [-0.1, -0.05) is 36.4 Å². The molecule has 0 saturated heterocycles. The van der Waals surface area contributed by atoms with Crippen molar-refractivity contribution in [3.8, 4) is 34.5 Å². The fourth-order valence-electron chi connectivity index (χ4n) is 5.76. The molecular formula is C36H34Cl2O10S4. The van der Waals surface area contributed by atoms with Gasteiger partial charge in [-0.15, -0.1) is 22.7 Å². The maximum Gasteiger partial charge on any atom is 0.263 e. The molecule has 2 heterocycles. The van der Waals surface area contributed by atoms with Crippen LogP contribution in [0.4, 0.5) is 0 Å². The minimum Gasteiger partial charge on any atom is -0.493 e. The number of halogens is 2. The summed E-state index contributed by atoms with van der Waals surface area (Å²) < 4.78 is 82.5. The number of benzene rings is 4. The van der Waals surface area contributed by atoms with Gasteiger partial charge in [0.1, 0.15) is 9.79 Å². The van der Waals surface area contributed by atoms with Crippen molar-refractivity contribution in [2.45, 2.75) is 22.6 Å². The lowest BCUT2D eigenvalue weighted by Crippen LogP contribution is -1.99. The van der Waals surface area contributed by atoms with Crippen LogP contribution in [0.5, 0.6) is 34.5 Å². The molecule has 0 fully saturated rings. The van der Waals surface area contributed by atoms with Crippen LogP contribution in [0.15, 0.2) is 82.6 Å². The van der Waals surface area contributed by atoms with Crippen molar-refractivity contribution >= 4 is 82.3 Å². The lowest BCUT2D eigenvalue weighted by molar-refractivity contribution is 0.324. The van der Waals surface area contributed by atoms with Crippen LogP contribution in [-0.2, 0) is 30.9 Å². The second-order valence-corrected chi connectivity index (χ2v) is 18.3. The molecule has 276 valence electrons. The van der Waals surface area contributed by atoms with Gasteiger partial charge >= 0.3 is 0 Å². The fourth-order valence-corrected chi connectivity index (χ4v) is 12.0. The summed E-state index contributed by atoms with van der Waals surface area (Å²) in [5.41, 5.74) is 1.65. The molecule has 0 radical (unpaired) electrons. The van der Waals surface area contributed by atoms with E-state index in [9.17, 15) is 16.8 Å². The third kappa shape index (κ3) is 8.32. The van der Waals surface area contributed by atoms with E-state index in [4.69, 9.17) is 49.8 Å². The smallest absolute Gasteiger partial charge is 0.263 e. The Morgan fingerprint density at radius 2 is 0.808 bits per heavy atom. The molecule has 6 aromatic rings. The molecule has 0 atom stereocenters. The summed E-state index contributed by atoms with van der Waals surface area (Å²) in [6.07, 6.45) is 0.745. The third-order valence-corrected chi connectivity index (χ3v) is 13.3. The molecule has 0 saturated carbocycles.